The van der Waals surface area contributed by atoms with E-state index in [1.54, 1.807) is 0 Å². The molecule has 1 heterocycles. The van der Waals surface area contributed by atoms with Gasteiger partial charge in [0, 0.05) is 12.6 Å². The third kappa shape index (κ3) is 4.29. The highest BCUT2D eigenvalue weighted by atomic mass is 35.5. The summed E-state index contributed by atoms with van der Waals surface area (Å²) in [5.74, 6) is 6.21. The van der Waals surface area contributed by atoms with Gasteiger partial charge in [0.25, 0.3) is 0 Å². The predicted octanol–water partition coefficient (Wildman–Crippen LogP) is 1.56. The smallest absolute Gasteiger partial charge is 0.239 e. The van der Waals surface area contributed by atoms with Crippen LogP contribution in [0.1, 0.15) is 20.8 Å². The first kappa shape index (κ1) is 14.9. The zero-order valence-electron chi connectivity index (χ0n) is 11.1. The van der Waals surface area contributed by atoms with Gasteiger partial charge in [0.15, 0.2) is 5.82 Å². The monoisotopic (exact) mass is 272 g/mol. The molecule has 1 aromatic rings. The fraction of sp³-hybridized carbons (Fsp3) is 0.636. The highest BCUT2D eigenvalue weighted by Crippen LogP contribution is 2.19. The molecule has 0 aliphatic rings. The Balaban J connectivity index is 2.65. The van der Waals surface area contributed by atoms with Crippen molar-refractivity contribution in [3.8, 4) is 0 Å². The number of aromatic nitrogens is 2. The third-order valence-electron chi connectivity index (χ3n) is 2.68. The Morgan fingerprint density at radius 1 is 1.44 bits per heavy atom. The van der Waals surface area contributed by atoms with E-state index in [1.807, 2.05) is 0 Å². The summed E-state index contributed by atoms with van der Waals surface area (Å²) in [6.07, 6.45) is 1.52. The number of nitrogens with zero attached hydrogens (tertiary/aromatic N) is 3. The molecule has 1 rings (SSSR count). The number of hydrogen-bond acceptors (Lipinski definition) is 6. The molecule has 0 aromatic carbocycles. The van der Waals surface area contributed by atoms with Crippen molar-refractivity contribution in [3.63, 3.8) is 0 Å². The molecule has 102 valence electrons. The molecule has 1 unspecified atom stereocenters. The second-order valence-electron chi connectivity index (χ2n) is 4.07. The Kier molecular flexibility index (Phi) is 6.11. The lowest BCUT2D eigenvalue weighted by atomic mass is 10.3. The Bertz CT molecular complexity index is 369. The molecule has 0 bridgehead atoms. The number of rotatable bonds is 7. The summed E-state index contributed by atoms with van der Waals surface area (Å²) < 4.78 is 0. The van der Waals surface area contributed by atoms with E-state index in [0.717, 1.165) is 19.6 Å². The second kappa shape index (κ2) is 7.35. The fourth-order valence-electron chi connectivity index (χ4n) is 1.69. The summed E-state index contributed by atoms with van der Waals surface area (Å²) in [5.41, 5.74) is 2.40. The van der Waals surface area contributed by atoms with E-state index in [-0.39, 0.29) is 6.04 Å². The lowest BCUT2D eigenvalue weighted by molar-refractivity contribution is 0.294. The number of halogens is 1. The molecule has 0 fully saturated rings. The van der Waals surface area contributed by atoms with Crippen LogP contribution in [0, 0.1) is 0 Å². The zero-order valence-corrected chi connectivity index (χ0v) is 11.8. The molecule has 0 saturated carbocycles. The summed E-state index contributed by atoms with van der Waals surface area (Å²) in [6.45, 7) is 9.35. The minimum absolute atomic E-state index is 0.239. The Hall–Kier alpha value is -1.11. The van der Waals surface area contributed by atoms with Crippen LogP contribution in [0.4, 0.5) is 11.8 Å². The second-order valence-corrected chi connectivity index (χ2v) is 4.47. The van der Waals surface area contributed by atoms with Crippen molar-refractivity contribution in [1.29, 1.82) is 0 Å². The molecule has 4 N–H and O–H groups in total. The summed E-state index contributed by atoms with van der Waals surface area (Å²) >= 11 is 6.03. The number of nitrogens with one attached hydrogen (secondary N) is 2. The summed E-state index contributed by atoms with van der Waals surface area (Å²) in [5, 5.41) is 3.75. The average Bonchev–Trinajstić information content (AvgIpc) is 2.38. The highest BCUT2D eigenvalue weighted by molar-refractivity contribution is 6.32. The van der Waals surface area contributed by atoms with Crippen molar-refractivity contribution >= 4 is 23.4 Å². The van der Waals surface area contributed by atoms with E-state index in [1.165, 1.54) is 6.20 Å². The van der Waals surface area contributed by atoms with Crippen LogP contribution in [0.2, 0.25) is 5.02 Å². The molecule has 18 heavy (non-hydrogen) atoms. The van der Waals surface area contributed by atoms with Crippen LogP contribution in [0.15, 0.2) is 6.20 Å². The van der Waals surface area contributed by atoms with E-state index >= 15 is 0 Å². The van der Waals surface area contributed by atoms with Crippen molar-refractivity contribution in [2.45, 2.75) is 26.8 Å². The van der Waals surface area contributed by atoms with Gasteiger partial charge in [0.2, 0.25) is 5.95 Å². The predicted molar refractivity (Wildman–Crippen MR) is 75.7 cm³/mol. The first-order valence-corrected chi connectivity index (χ1v) is 6.46. The SMILES string of the molecule is CCN(CC)CC(C)Nc1nc(NN)ncc1Cl. The topological polar surface area (TPSA) is 79.1 Å². The van der Waals surface area contributed by atoms with E-state index in [4.69, 9.17) is 17.4 Å². The van der Waals surface area contributed by atoms with Crippen molar-refractivity contribution in [2.75, 3.05) is 30.4 Å². The number of anilines is 2. The first-order chi connectivity index (χ1) is 8.60. The molecule has 0 aliphatic heterocycles. The van der Waals surface area contributed by atoms with Crippen LogP contribution in [0.5, 0.6) is 0 Å². The minimum atomic E-state index is 0.239. The number of nitrogens with two attached hydrogens (primary N) is 1. The first-order valence-electron chi connectivity index (χ1n) is 6.08. The van der Waals surface area contributed by atoms with Gasteiger partial charge in [-0.15, -0.1) is 0 Å². The summed E-state index contributed by atoms with van der Waals surface area (Å²) in [7, 11) is 0. The third-order valence-corrected chi connectivity index (χ3v) is 2.96. The van der Waals surface area contributed by atoms with Gasteiger partial charge in [-0.3, -0.25) is 5.43 Å². The summed E-state index contributed by atoms with van der Waals surface area (Å²) in [6, 6.07) is 0.239. The Labute approximate surface area is 113 Å². The molecule has 1 atom stereocenters. The fourth-order valence-corrected chi connectivity index (χ4v) is 1.83. The van der Waals surface area contributed by atoms with Crippen LogP contribution in [0.3, 0.4) is 0 Å². The number of nitrogen functional groups attached to an aromatic ring is 1. The van der Waals surface area contributed by atoms with Crippen molar-refractivity contribution in [2.24, 2.45) is 5.84 Å². The quantitative estimate of drug-likeness (QED) is 0.516. The Morgan fingerprint density at radius 2 is 2.11 bits per heavy atom. The van der Waals surface area contributed by atoms with Gasteiger partial charge in [-0.05, 0) is 20.0 Å². The van der Waals surface area contributed by atoms with Crippen LogP contribution >= 0.6 is 11.6 Å². The van der Waals surface area contributed by atoms with Crippen molar-refractivity contribution < 1.29 is 0 Å². The molecule has 0 aliphatic carbocycles. The van der Waals surface area contributed by atoms with Gasteiger partial charge in [0.1, 0.15) is 5.02 Å². The maximum atomic E-state index is 6.03. The molecule has 1 aromatic heterocycles. The molecule has 6 nitrogen and oxygen atoms in total. The molecular formula is C11H21ClN6. The normalized spacial score (nSPS) is 12.6. The van der Waals surface area contributed by atoms with Gasteiger partial charge in [-0.1, -0.05) is 25.4 Å². The maximum Gasteiger partial charge on any atom is 0.239 e. The van der Waals surface area contributed by atoms with Crippen LogP contribution in [0.25, 0.3) is 0 Å². The number of hydrazine groups is 1. The van der Waals surface area contributed by atoms with Gasteiger partial charge in [-0.2, -0.15) is 4.98 Å². The molecular weight excluding hydrogens is 252 g/mol. The van der Waals surface area contributed by atoms with Crippen LogP contribution in [-0.2, 0) is 0 Å². The lowest BCUT2D eigenvalue weighted by Crippen LogP contribution is -2.35. The largest absolute Gasteiger partial charge is 0.365 e. The maximum absolute atomic E-state index is 6.03. The molecule has 0 spiro atoms. The summed E-state index contributed by atoms with van der Waals surface area (Å²) in [4.78, 5) is 10.4. The zero-order chi connectivity index (χ0) is 13.5. The van der Waals surface area contributed by atoms with E-state index in [2.05, 4.69) is 46.4 Å². The molecule has 0 amide bonds. The number of hydrogen-bond donors (Lipinski definition) is 3. The van der Waals surface area contributed by atoms with Gasteiger partial charge >= 0.3 is 0 Å². The van der Waals surface area contributed by atoms with Gasteiger partial charge < -0.3 is 10.2 Å². The van der Waals surface area contributed by atoms with E-state index in [0.29, 0.717) is 16.8 Å². The lowest BCUT2D eigenvalue weighted by Gasteiger charge is -2.24. The standard InChI is InChI=1S/C11H21ClN6/c1-4-18(5-2)7-8(3)15-10-9(12)6-14-11(16-10)17-13/h6,8H,4-5,7,13H2,1-3H3,(H2,14,15,16,17). The van der Waals surface area contributed by atoms with Crippen LogP contribution in [-0.4, -0.2) is 40.5 Å². The van der Waals surface area contributed by atoms with E-state index in [9.17, 15) is 0 Å². The van der Waals surface area contributed by atoms with Gasteiger partial charge in [0.05, 0.1) is 6.20 Å². The molecule has 0 radical (unpaired) electrons. The van der Waals surface area contributed by atoms with Crippen molar-refractivity contribution in [3.05, 3.63) is 11.2 Å². The number of likely N-dealkylation sites (N-methyl/N-ethyl adjacent to an activating group) is 1. The molecule has 0 saturated heterocycles. The van der Waals surface area contributed by atoms with Crippen molar-refractivity contribution in [1.82, 2.24) is 14.9 Å². The minimum Gasteiger partial charge on any atom is -0.365 e. The Morgan fingerprint density at radius 3 is 2.67 bits per heavy atom. The van der Waals surface area contributed by atoms with Crippen LogP contribution < -0.4 is 16.6 Å². The molecule has 7 heteroatoms. The van der Waals surface area contributed by atoms with E-state index < -0.39 is 0 Å². The average molecular weight is 273 g/mol. The highest BCUT2D eigenvalue weighted by Gasteiger charge is 2.11. The van der Waals surface area contributed by atoms with Gasteiger partial charge in [-0.25, -0.2) is 10.8 Å².